The molecule has 2 N–H and O–H groups in total. The molecule has 0 spiro atoms. The fourth-order valence-corrected chi connectivity index (χ4v) is 4.84. The highest BCUT2D eigenvalue weighted by Gasteiger charge is 2.22. The topological polar surface area (TPSA) is 84.5 Å². The van der Waals surface area contributed by atoms with Crippen LogP contribution in [-0.2, 0) is 10.0 Å². The number of hydrogen-bond donors (Lipinski definition) is 2. The van der Waals surface area contributed by atoms with E-state index in [1.807, 2.05) is 13.0 Å². The van der Waals surface area contributed by atoms with Crippen LogP contribution in [0.3, 0.4) is 0 Å². The lowest BCUT2D eigenvalue weighted by Gasteiger charge is -2.14. The summed E-state index contributed by atoms with van der Waals surface area (Å²) in [7, 11) is -2.57. The number of rotatable bonds is 6. The van der Waals surface area contributed by atoms with Crippen molar-refractivity contribution in [3.8, 4) is 5.75 Å². The zero-order chi connectivity index (χ0) is 20.3. The van der Waals surface area contributed by atoms with Crippen LogP contribution >= 0.6 is 27.3 Å². The summed E-state index contributed by atoms with van der Waals surface area (Å²) in [5.41, 5.74) is 1.67. The van der Waals surface area contributed by atoms with Gasteiger partial charge < -0.3 is 10.1 Å². The molecule has 0 aliphatic rings. The number of anilines is 2. The van der Waals surface area contributed by atoms with Crippen LogP contribution in [0.1, 0.15) is 15.2 Å². The predicted octanol–water partition coefficient (Wildman–Crippen LogP) is 4.88. The molecular weight excluding hydrogens is 464 g/mol. The van der Waals surface area contributed by atoms with Gasteiger partial charge in [0, 0.05) is 10.2 Å². The van der Waals surface area contributed by atoms with Crippen molar-refractivity contribution in [1.29, 1.82) is 0 Å². The molecule has 6 nitrogen and oxygen atoms in total. The molecule has 3 rings (SSSR count). The van der Waals surface area contributed by atoms with E-state index in [1.54, 1.807) is 35.7 Å². The largest absolute Gasteiger partial charge is 0.495 e. The molecule has 0 radical (unpaired) electrons. The Morgan fingerprint density at radius 2 is 1.93 bits per heavy atom. The van der Waals surface area contributed by atoms with Gasteiger partial charge in [0.2, 0.25) is 0 Å². The molecule has 1 aromatic heterocycles. The molecule has 0 aliphatic carbocycles. The number of methoxy groups -OCH3 is 1. The Kier molecular flexibility index (Phi) is 6.07. The number of halogens is 1. The standard InChI is InChI=1S/C19H17BrN2O4S2/c1-12-5-7-14(20)15(10-12)22-28(24,25)18-11-13(6-8-16(18)26-2)21-19(23)17-4-3-9-27-17/h3-11,22H,1-2H3,(H,21,23). The van der Waals surface area contributed by atoms with Crippen molar-refractivity contribution in [2.45, 2.75) is 11.8 Å². The lowest BCUT2D eigenvalue weighted by Crippen LogP contribution is -2.16. The van der Waals surface area contributed by atoms with E-state index in [2.05, 4.69) is 26.0 Å². The van der Waals surface area contributed by atoms with Gasteiger partial charge in [-0.2, -0.15) is 0 Å². The number of carbonyl (C=O) groups excluding carboxylic acids is 1. The summed E-state index contributed by atoms with van der Waals surface area (Å²) in [6.07, 6.45) is 0. The Morgan fingerprint density at radius 3 is 2.61 bits per heavy atom. The summed E-state index contributed by atoms with van der Waals surface area (Å²) in [6.45, 7) is 1.87. The predicted molar refractivity (Wildman–Crippen MR) is 115 cm³/mol. The third-order valence-corrected chi connectivity index (χ3v) is 6.77. The van der Waals surface area contributed by atoms with Crippen molar-refractivity contribution < 1.29 is 17.9 Å². The minimum Gasteiger partial charge on any atom is -0.495 e. The summed E-state index contributed by atoms with van der Waals surface area (Å²) in [5.74, 6) is -0.136. The molecule has 1 heterocycles. The highest BCUT2D eigenvalue weighted by molar-refractivity contribution is 9.10. The summed E-state index contributed by atoms with van der Waals surface area (Å²) >= 11 is 4.65. The molecule has 9 heteroatoms. The Morgan fingerprint density at radius 1 is 1.14 bits per heavy atom. The Hall–Kier alpha value is -2.36. The normalized spacial score (nSPS) is 11.1. The summed E-state index contributed by atoms with van der Waals surface area (Å²) < 4.78 is 34.4. The third kappa shape index (κ3) is 4.54. The van der Waals surface area contributed by atoms with Crippen LogP contribution in [0.4, 0.5) is 11.4 Å². The number of carbonyl (C=O) groups is 1. The van der Waals surface area contributed by atoms with Crippen molar-refractivity contribution in [3.05, 3.63) is 68.8 Å². The fourth-order valence-electron chi connectivity index (χ4n) is 2.48. The average Bonchev–Trinajstić information content (AvgIpc) is 3.19. The number of thiophene rings is 1. The highest BCUT2D eigenvalue weighted by Crippen LogP contribution is 2.31. The summed E-state index contributed by atoms with van der Waals surface area (Å²) in [6, 6.07) is 13.3. The Labute approximate surface area is 175 Å². The molecule has 0 fully saturated rings. The molecule has 1 amide bonds. The van der Waals surface area contributed by atoms with E-state index in [0.717, 1.165) is 5.56 Å². The number of ether oxygens (including phenoxy) is 1. The van der Waals surface area contributed by atoms with Crippen molar-refractivity contribution in [1.82, 2.24) is 0 Å². The average molecular weight is 481 g/mol. The lowest BCUT2D eigenvalue weighted by atomic mass is 10.2. The Bertz CT molecular complexity index is 1110. The maximum Gasteiger partial charge on any atom is 0.265 e. The number of benzene rings is 2. The van der Waals surface area contributed by atoms with E-state index in [9.17, 15) is 13.2 Å². The maximum absolute atomic E-state index is 13.0. The molecule has 28 heavy (non-hydrogen) atoms. The molecule has 0 bridgehead atoms. The molecule has 146 valence electrons. The van der Waals surface area contributed by atoms with E-state index < -0.39 is 10.0 Å². The van der Waals surface area contributed by atoms with Crippen LogP contribution in [0.2, 0.25) is 0 Å². The minimum atomic E-state index is -3.96. The zero-order valence-corrected chi connectivity index (χ0v) is 18.2. The van der Waals surface area contributed by atoms with Gasteiger partial charge >= 0.3 is 0 Å². The molecule has 0 saturated heterocycles. The molecule has 0 aliphatic heterocycles. The van der Waals surface area contributed by atoms with E-state index in [-0.39, 0.29) is 16.6 Å². The van der Waals surface area contributed by atoms with Crippen LogP contribution in [0.25, 0.3) is 0 Å². The maximum atomic E-state index is 13.0. The van der Waals surface area contributed by atoms with Gasteiger partial charge in [0.05, 0.1) is 17.7 Å². The number of hydrogen-bond acceptors (Lipinski definition) is 5. The lowest BCUT2D eigenvalue weighted by molar-refractivity contribution is 0.103. The smallest absolute Gasteiger partial charge is 0.265 e. The van der Waals surface area contributed by atoms with E-state index in [1.165, 1.54) is 30.6 Å². The van der Waals surface area contributed by atoms with Gasteiger partial charge in [-0.1, -0.05) is 12.1 Å². The highest BCUT2D eigenvalue weighted by atomic mass is 79.9. The molecule has 3 aromatic rings. The fraction of sp³-hybridized carbons (Fsp3) is 0.105. The van der Waals surface area contributed by atoms with Crippen LogP contribution in [-0.4, -0.2) is 21.4 Å². The molecule has 2 aromatic carbocycles. The van der Waals surface area contributed by atoms with Crippen molar-refractivity contribution in [3.63, 3.8) is 0 Å². The first kappa shape index (κ1) is 20.4. The van der Waals surface area contributed by atoms with Crippen molar-refractivity contribution in [2.75, 3.05) is 17.1 Å². The number of amides is 1. The van der Waals surface area contributed by atoms with Crippen molar-refractivity contribution >= 4 is 54.6 Å². The Balaban J connectivity index is 1.94. The first-order chi connectivity index (χ1) is 13.3. The van der Waals surface area contributed by atoms with Gasteiger partial charge in [-0.3, -0.25) is 9.52 Å². The number of nitrogens with one attached hydrogen (secondary N) is 2. The van der Waals surface area contributed by atoms with Crippen LogP contribution in [0.15, 0.2) is 63.3 Å². The van der Waals surface area contributed by atoms with E-state index in [4.69, 9.17) is 4.74 Å². The SMILES string of the molecule is COc1ccc(NC(=O)c2cccs2)cc1S(=O)(=O)Nc1cc(C)ccc1Br. The van der Waals surface area contributed by atoms with E-state index >= 15 is 0 Å². The second kappa shape index (κ2) is 8.34. The summed E-state index contributed by atoms with van der Waals surface area (Å²) in [5, 5.41) is 4.50. The zero-order valence-electron chi connectivity index (χ0n) is 15.0. The number of aryl methyl sites for hydroxylation is 1. The van der Waals surface area contributed by atoms with Gasteiger partial charge in [-0.15, -0.1) is 11.3 Å². The van der Waals surface area contributed by atoms with Gasteiger partial charge in [-0.05, 0) is 70.2 Å². The summed E-state index contributed by atoms with van der Waals surface area (Å²) in [4.78, 5) is 12.7. The molecule has 0 unspecified atom stereocenters. The quantitative estimate of drug-likeness (QED) is 0.526. The first-order valence-electron chi connectivity index (χ1n) is 8.12. The molecule has 0 saturated carbocycles. The third-order valence-electron chi connectivity index (χ3n) is 3.82. The number of sulfonamides is 1. The molecule has 0 atom stereocenters. The van der Waals surface area contributed by atoms with Gasteiger partial charge in [0.1, 0.15) is 10.6 Å². The molecular formula is C19H17BrN2O4S2. The van der Waals surface area contributed by atoms with Gasteiger partial charge in [-0.25, -0.2) is 8.42 Å². The first-order valence-corrected chi connectivity index (χ1v) is 11.3. The van der Waals surface area contributed by atoms with E-state index in [0.29, 0.717) is 20.7 Å². The second-order valence-electron chi connectivity index (χ2n) is 5.89. The second-order valence-corrected chi connectivity index (χ2v) is 9.34. The van der Waals surface area contributed by atoms with Crippen LogP contribution in [0, 0.1) is 6.92 Å². The van der Waals surface area contributed by atoms with Crippen molar-refractivity contribution in [2.24, 2.45) is 0 Å². The van der Waals surface area contributed by atoms with Crippen LogP contribution in [0.5, 0.6) is 5.75 Å². The minimum absolute atomic E-state index is 0.0765. The monoisotopic (exact) mass is 480 g/mol. The van der Waals surface area contributed by atoms with Gasteiger partial charge in [0.15, 0.2) is 0 Å². The van der Waals surface area contributed by atoms with Gasteiger partial charge in [0.25, 0.3) is 15.9 Å². The van der Waals surface area contributed by atoms with Crippen LogP contribution < -0.4 is 14.8 Å².